The lowest BCUT2D eigenvalue weighted by Crippen LogP contribution is -2.41. The lowest BCUT2D eigenvalue weighted by atomic mass is 10.1. The van der Waals surface area contributed by atoms with E-state index >= 15 is 0 Å². The van der Waals surface area contributed by atoms with Gasteiger partial charge in [0.25, 0.3) is 17.0 Å². The fourth-order valence-electron chi connectivity index (χ4n) is 4.04. The van der Waals surface area contributed by atoms with Gasteiger partial charge in [0.15, 0.2) is 16.8 Å². The van der Waals surface area contributed by atoms with Crippen LogP contribution in [-0.2, 0) is 16.1 Å². The number of anilines is 2. The van der Waals surface area contributed by atoms with Crippen molar-refractivity contribution in [2.45, 2.75) is 25.4 Å². The minimum Gasteiger partial charge on any atom is -0.481 e. The molecule has 0 fully saturated rings. The van der Waals surface area contributed by atoms with Crippen molar-refractivity contribution in [2.75, 3.05) is 10.7 Å². The summed E-state index contributed by atoms with van der Waals surface area (Å²) in [7, 11) is 0. The molecule has 0 spiro atoms. The first kappa shape index (κ1) is 27.4. The van der Waals surface area contributed by atoms with E-state index in [1.807, 2.05) is 0 Å². The second-order valence-electron chi connectivity index (χ2n) is 8.89. The number of carbonyl (C=O) groups excluding carboxylic acids is 1. The first-order valence-electron chi connectivity index (χ1n) is 12.2. The van der Waals surface area contributed by atoms with E-state index in [1.54, 1.807) is 5.01 Å². The minimum atomic E-state index is -1.40. The number of benzene rings is 1. The molecular weight excluding hydrogens is 554 g/mol. The number of hydrogen-bond acceptors (Lipinski definition) is 12. The molecular formula is C24H21N11O7. The zero-order valence-corrected chi connectivity index (χ0v) is 21.4. The van der Waals surface area contributed by atoms with Crippen LogP contribution in [0.1, 0.15) is 28.9 Å². The van der Waals surface area contributed by atoms with E-state index in [9.17, 15) is 29.1 Å². The molecule has 0 unspecified atom stereocenters. The summed E-state index contributed by atoms with van der Waals surface area (Å²) in [5.74, 6) is -3.40. The Balaban J connectivity index is 1.49. The molecule has 0 radical (unpaired) electrons. The highest BCUT2D eigenvalue weighted by Crippen LogP contribution is 2.21. The smallest absolute Gasteiger partial charge is 0.326 e. The predicted molar refractivity (Wildman–Crippen MR) is 144 cm³/mol. The number of aromatic nitrogens is 8. The molecule has 0 saturated carbocycles. The zero-order valence-electron chi connectivity index (χ0n) is 21.4. The molecule has 5 aromatic rings. The number of rotatable bonds is 10. The van der Waals surface area contributed by atoms with Crippen LogP contribution in [0.4, 0.5) is 11.6 Å². The number of nitrogens with one attached hydrogen (secondary N) is 3. The fraction of sp³-hybridized carbons (Fsp3) is 0.167. The molecule has 42 heavy (non-hydrogen) atoms. The summed E-state index contributed by atoms with van der Waals surface area (Å²) in [5.41, 5.74) is 5.60. The van der Waals surface area contributed by atoms with Crippen LogP contribution in [0.3, 0.4) is 0 Å². The second kappa shape index (κ2) is 11.1. The van der Waals surface area contributed by atoms with E-state index in [2.05, 4.69) is 40.3 Å². The Hall–Kier alpha value is -6.20. The van der Waals surface area contributed by atoms with Crippen molar-refractivity contribution in [3.8, 4) is 0 Å². The van der Waals surface area contributed by atoms with Crippen molar-refractivity contribution in [3.05, 3.63) is 75.0 Å². The van der Waals surface area contributed by atoms with E-state index in [0.717, 1.165) is 0 Å². The Kier molecular flexibility index (Phi) is 7.24. The largest absolute Gasteiger partial charge is 0.481 e. The van der Waals surface area contributed by atoms with Gasteiger partial charge in [0.05, 0.1) is 36.6 Å². The minimum absolute atomic E-state index is 0.0418. The molecule has 4 heterocycles. The summed E-state index contributed by atoms with van der Waals surface area (Å²) in [5, 5.41) is 26.6. The zero-order chi connectivity index (χ0) is 30.0. The quantitative estimate of drug-likeness (QED) is 0.120. The SMILES string of the molecule is Nc1nc2ncc(CN(c3ccc(C(=O)N[C@@H](CCC(=O)O)C(=O)O)cc3)n3ncc4c(=O)[nH]cnc43)nc2c(=O)[nH]1. The van der Waals surface area contributed by atoms with Gasteiger partial charge in [-0.25, -0.2) is 19.7 Å². The third kappa shape index (κ3) is 5.57. The first-order chi connectivity index (χ1) is 20.1. The van der Waals surface area contributed by atoms with E-state index in [-0.39, 0.29) is 46.7 Å². The summed E-state index contributed by atoms with van der Waals surface area (Å²) in [6.45, 7) is -0.0418. The van der Waals surface area contributed by atoms with Gasteiger partial charge in [-0.05, 0) is 30.7 Å². The number of carbonyl (C=O) groups is 3. The van der Waals surface area contributed by atoms with Crippen LogP contribution in [-0.4, -0.2) is 73.9 Å². The number of aromatic amines is 2. The molecule has 0 bridgehead atoms. The van der Waals surface area contributed by atoms with Gasteiger partial charge in [-0.2, -0.15) is 14.9 Å². The van der Waals surface area contributed by atoms with E-state index in [1.165, 1.54) is 47.8 Å². The van der Waals surface area contributed by atoms with Crippen LogP contribution < -0.4 is 27.2 Å². The van der Waals surface area contributed by atoms with Gasteiger partial charge in [-0.3, -0.25) is 29.2 Å². The average Bonchev–Trinajstić information content (AvgIpc) is 3.39. The molecule has 1 aromatic carbocycles. The van der Waals surface area contributed by atoms with Gasteiger partial charge < -0.3 is 26.2 Å². The lowest BCUT2D eigenvalue weighted by molar-refractivity contribution is -0.140. The number of nitrogens with zero attached hydrogens (tertiary/aromatic N) is 7. The number of H-pyrrole nitrogens is 2. The van der Waals surface area contributed by atoms with Gasteiger partial charge >= 0.3 is 11.9 Å². The van der Waals surface area contributed by atoms with Gasteiger partial charge in [-0.15, -0.1) is 0 Å². The summed E-state index contributed by atoms with van der Waals surface area (Å²) < 4.78 is 0. The Morgan fingerprint density at radius 1 is 1.05 bits per heavy atom. The summed E-state index contributed by atoms with van der Waals surface area (Å²) in [6.07, 6.45) is 3.19. The van der Waals surface area contributed by atoms with Gasteiger partial charge in [0.1, 0.15) is 11.4 Å². The molecule has 0 saturated heterocycles. The van der Waals surface area contributed by atoms with Crippen LogP contribution in [0.15, 0.2) is 52.6 Å². The van der Waals surface area contributed by atoms with Crippen molar-refractivity contribution in [3.63, 3.8) is 0 Å². The molecule has 7 N–H and O–H groups in total. The highest BCUT2D eigenvalue weighted by atomic mass is 16.4. The summed E-state index contributed by atoms with van der Waals surface area (Å²) in [4.78, 5) is 82.6. The van der Waals surface area contributed by atoms with Crippen molar-refractivity contribution in [2.24, 2.45) is 0 Å². The molecule has 18 heteroatoms. The number of hydrogen-bond donors (Lipinski definition) is 6. The molecule has 214 valence electrons. The third-order valence-electron chi connectivity index (χ3n) is 6.06. The van der Waals surface area contributed by atoms with Gasteiger partial charge in [0, 0.05) is 12.0 Å². The maximum absolute atomic E-state index is 12.7. The molecule has 4 aromatic heterocycles. The number of carboxylic acids is 2. The summed E-state index contributed by atoms with van der Waals surface area (Å²) in [6, 6.07) is 4.51. The topological polar surface area (TPSA) is 268 Å². The van der Waals surface area contributed by atoms with Crippen LogP contribution in [0.5, 0.6) is 0 Å². The Bertz CT molecular complexity index is 1950. The molecule has 0 aliphatic rings. The van der Waals surface area contributed by atoms with E-state index in [4.69, 9.17) is 10.8 Å². The van der Waals surface area contributed by atoms with Crippen LogP contribution >= 0.6 is 0 Å². The molecule has 0 aliphatic carbocycles. The van der Waals surface area contributed by atoms with Crippen LogP contribution in [0.25, 0.3) is 22.2 Å². The van der Waals surface area contributed by atoms with Gasteiger partial charge in [0.2, 0.25) is 5.95 Å². The Labute approximate surface area is 232 Å². The van der Waals surface area contributed by atoms with Crippen molar-refractivity contribution in [1.29, 1.82) is 0 Å². The fourth-order valence-corrected chi connectivity index (χ4v) is 4.04. The number of carboxylic acid groups (broad SMARTS) is 2. The normalized spacial score (nSPS) is 11.8. The van der Waals surface area contributed by atoms with E-state index < -0.39 is 41.4 Å². The standard InChI is InChI=1S/C24H21N11O7/c25-24-32-18-17(22(40)33-24)30-12(7-26-18)9-34(35-19-14(8-29-35)21(39)28-10-27-19)13-3-1-11(2-4-13)20(38)31-15(23(41)42)5-6-16(36)37/h1-4,7-8,10,15H,5-6,9H2,(H,31,38)(H,36,37)(H,41,42)(H,27,28,39)(H3,25,26,32,33,40)/t15-/m0/s1. The molecule has 5 rings (SSSR count). The second-order valence-corrected chi connectivity index (χ2v) is 8.89. The van der Waals surface area contributed by atoms with Crippen LogP contribution in [0.2, 0.25) is 0 Å². The lowest BCUT2D eigenvalue weighted by Gasteiger charge is -2.24. The molecule has 1 atom stereocenters. The molecule has 1 amide bonds. The highest BCUT2D eigenvalue weighted by Gasteiger charge is 2.23. The maximum atomic E-state index is 12.7. The Morgan fingerprint density at radius 3 is 2.52 bits per heavy atom. The predicted octanol–water partition coefficient (Wildman–Crippen LogP) is -0.754. The number of nitrogens with two attached hydrogens (primary N) is 1. The number of aliphatic carboxylic acids is 2. The maximum Gasteiger partial charge on any atom is 0.326 e. The van der Waals surface area contributed by atoms with Crippen LogP contribution in [0, 0.1) is 0 Å². The number of nitrogen functional groups attached to an aromatic ring is 1. The van der Waals surface area contributed by atoms with Crippen molar-refractivity contribution >= 4 is 51.7 Å². The molecule has 0 aliphatic heterocycles. The Morgan fingerprint density at radius 2 is 1.81 bits per heavy atom. The number of amides is 1. The average molecular weight is 576 g/mol. The van der Waals surface area contributed by atoms with Crippen molar-refractivity contribution < 1.29 is 24.6 Å². The number of fused-ring (bicyclic) bond motifs is 2. The molecule has 18 nitrogen and oxygen atoms in total. The van der Waals surface area contributed by atoms with E-state index in [0.29, 0.717) is 11.4 Å². The van der Waals surface area contributed by atoms with Crippen molar-refractivity contribution in [1.82, 2.24) is 45.1 Å². The monoisotopic (exact) mass is 575 g/mol. The first-order valence-corrected chi connectivity index (χ1v) is 12.2. The van der Waals surface area contributed by atoms with Gasteiger partial charge in [-0.1, -0.05) is 0 Å². The highest BCUT2D eigenvalue weighted by molar-refractivity contribution is 5.97. The summed E-state index contributed by atoms with van der Waals surface area (Å²) >= 11 is 0. The third-order valence-corrected chi connectivity index (χ3v) is 6.06.